The number of carbonyl (C=O) groups excluding carboxylic acids is 1. The van der Waals surface area contributed by atoms with Crippen molar-refractivity contribution in [3.8, 4) is 0 Å². The second-order valence-electron chi connectivity index (χ2n) is 4.38. The lowest BCUT2D eigenvalue weighted by molar-refractivity contribution is -0.145. The summed E-state index contributed by atoms with van der Waals surface area (Å²) in [5, 5.41) is 12.4. The molecule has 0 heterocycles. The number of aliphatic carboxylic acids is 1. The first-order valence-corrected chi connectivity index (χ1v) is 6.25. The van der Waals surface area contributed by atoms with Crippen LogP contribution in [0, 0.1) is 0 Å². The van der Waals surface area contributed by atoms with Gasteiger partial charge in [0.2, 0.25) is 5.91 Å². The molecule has 0 aliphatic heterocycles. The van der Waals surface area contributed by atoms with E-state index in [-0.39, 0.29) is 5.91 Å². The molecule has 17 heavy (non-hydrogen) atoms. The van der Waals surface area contributed by atoms with Gasteiger partial charge in [-0.25, -0.2) is 0 Å². The Morgan fingerprint density at radius 2 is 1.76 bits per heavy atom. The van der Waals surface area contributed by atoms with Crippen LogP contribution in [-0.4, -0.2) is 29.1 Å². The zero-order chi connectivity index (χ0) is 13.3. The van der Waals surface area contributed by atoms with Crippen LogP contribution in [0.3, 0.4) is 0 Å². The second-order valence-corrected chi connectivity index (χ2v) is 4.38. The molecule has 0 saturated carbocycles. The van der Waals surface area contributed by atoms with Crippen LogP contribution >= 0.6 is 0 Å². The monoisotopic (exact) mass is 244 g/mol. The van der Waals surface area contributed by atoms with Crippen molar-refractivity contribution in [3.63, 3.8) is 0 Å². The first-order chi connectivity index (χ1) is 7.98. The zero-order valence-electron chi connectivity index (χ0n) is 10.8. The second kappa shape index (κ2) is 8.06. The lowest BCUT2D eigenvalue weighted by atomic mass is 9.88. The van der Waals surface area contributed by atoms with Crippen LogP contribution in [0.4, 0.5) is 0 Å². The van der Waals surface area contributed by atoms with E-state index < -0.39 is 11.5 Å². The molecule has 0 aliphatic carbocycles. The van der Waals surface area contributed by atoms with E-state index in [1.165, 1.54) is 0 Å². The van der Waals surface area contributed by atoms with Gasteiger partial charge in [0.05, 0.1) is 0 Å². The Balaban J connectivity index is 4.35. The maximum Gasteiger partial charge on any atom is 0.323 e. The topological polar surface area (TPSA) is 92.4 Å². The molecule has 0 bridgehead atoms. The molecule has 1 amide bonds. The average Bonchev–Trinajstić information content (AvgIpc) is 2.24. The summed E-state index contributed by atoms with van der Waals surface area (Å²) in [5.41, 5.74) is 4.19. The van der Waals surface area contributed by atoms with Crippen LogP contribution in [0.1, 0.15) is 52.4 Å². The van der Waals surface area contributed by atoms with Gasteiger partial charge in [-0.3, -0.25) is 9.59 Å². The highest BCUT2D eigenvalue weighted by Gasteiger charge is 2.35. The summed E-state index contributed by atoms with van der Waals surface area (Å²) in [7, 11) is 0. The molecule has 0 unspecified atom stereocenters. The molecule has 0 aromatic carbocycles. The first kappa shape index (κ1) is 15.9. The molecule has 0 atom stereocenters. The van der Waals surface area contributed by atoms with Crippen molar-refractivity contribution >= 4 is 11.9 Å². The number of nitrogens with one attached hydrogen (secondary N) is 1. The Bertz CT molecular complexity index is 248. The van der Waals surface area contributed by atoms with E-state index in [9.17, 15) is 14.7 Å². The summed E-state index contributed by atoms with van der Waals surface area (Å²) in [6.45, 7) is 4.45. The van der Waals surface area contributed by atoms with E-state index in [1.54, 1.807) is 0 Å². The number of carbonyl (C=O) groups is 2. The van der Waals surface area contributed by atoms with Crippen LogP contribution < -0.4 is 11.1 Å². The highest BCUT2D eigenvalue weighted by Crippen LogP contribution is 2.20. The molecule has 100 valence electrons. The summed E-state index contributed by atoms with van der Waals surface area (Å²) in [6.07, 6.45) is 3.71. The number of hydrogen-bond acceptors (Lipinski definition) is 3. The first-order valence-electron chi connectivity index (χ1n) is 6.25. The van der Waals surface area contributed by atoms with Crippen molar-refractivity contribution in [1.29, 1.82) is 0 Å². The number of amides is 1. The Morgan fingerprint density at radius 1 is 1.24 bits per heavy atom. The molecule has 0 aliphatic rings. The molecule has 0 spiro atoms. The molecule has 0 aromatic rings. The van der Waals surface area contributed by atoms with E-state index in [4.69, 9.17) is 5.73 Å². The number of nitrogens with two attached hydrogens (primary N) is 1. The van der Waals surface area contributed by atoms with Crippen LogP contribution in [0.25, 0.3) is 0 Å². The standard InChI is InChI=1S/C12H24N2O3/c1-3-7-12(8-4-2,11(16)17)14-9-5-6-10(13)15/h14H,3-9H2,1-2H3,(H2,13,15)(H,16,17). The molecule has 5 nitrogen and oxygen atoms in total. The third kappa shape index (κ3) is 5.68. The van der Waals surface area contributed by atoms with Gasteiger partial charge in [-0.05, 0) is 25.8 Å². The minimum absolute atomic E-state index is 0.293. The lowest BCUT2D eigenvalue weighted by Gasteiger charge is -2.30. The maximum absolute atomic E-state index is 11.4. The Kier molecular flexibility index (Phi) is 7.54. The van der Waals surface area contributed by atoms with Gasteiger partial charge in [-0.2, -0.15) is 0 Å². The van der Waals surface area contributed by atoms with Crippen molar-refractivity contribution in [2.45, 2.75) is 57.9 Å². The quantitative estimate of drug-likeness (QED) is 0.504. The summed E-state index contributed by atoms with van der Waals surface area (Å²) >= 11 is 0. The van der Waals surface area contributed by atoms with Crippen LogP contribution in [-0.2, 0) is 9.59 Å². The summed E-state index contributed by atoms with van der Waals surface area (Å²) in [5.74, 6) is -1.15. The predicted molar refractivity (Wildman–Crippen MR) is 66.6 cm³/mol. The number of primary amides is 1. The largest absolute Gasteiger partial charge is 0.480 e. The van der Waals surface area contributed by atoms with Gasteiger partial charge in [0.15, 0.2) is 0 Å². The number of hydrogen-bond donors (Lipinski definition) is 3. The fraction of sp³-hybridized carbons (Fsp3) is 0.833. The highest BCUT2D eigenvalue weighted by molar-refractivity contribution is 5.78. The van der Waals surface area contributed by atoms with Gasteiger partial charge in [0, 0.05) is 6.42 Å². The van der Waals surface area contributed by atoms with E-state index in [1.807, 2.05) is 13.8 Å². The molecule has 0 radical (unpaired) electrons. The summed E-state index contributed by atoms with van der Waals surface area (Å²) < 4.78 is 0. The third-order valence-corrected chi connectivity index (χ3v) is 2.83. The molecule has 0 fully saturated rings. The van der Waals surface area contributed by atoms with Gasteiger partial charge < -0.3 is 16.2 Å². The smallest absolute Gasteiger partial charge is 0.323 e. The van der Waals surface area contributed by atoms with Crippen molar-refractivity contribution in [2.75, 3.05) is 6.54 Å². The molecule has 0 saturated heterocycles. The number of carboxylic acids is 1. The zero-order valence-corrected chi connectivity index (χ0v) is 10.8. The normalized spacial score (nSPS) is 11.4. The van der Waals surface area contributed by atoms with E-state index in [0.29, 0.717) is 32.2 Å². The number of rotatable bonds is 10. The Hall–Kier alpha value is -1.10. The molecular formula is C12H24N2O3. The highest BCUT2D eigenvalue weighted by atomic mass is 16.4. The van der Waals surface area contributed by atoms with Gasteiger partial charge in [0.1, 0.15) is 5.54 Å². The summed E-state index contributed by atoms with van der Waals surface area (Å²) in [4.78, 5) is 22.0. The Labute approximate surface area is 103 Å². The summed E-state index contributed by atoms with van der Waals surface area (Å²) in [6, 6.07) is 0. The molecule has 4 N–H and O–H groups in total. The van der Waals surface area contributed by atoms with Crippen molar-refractivity contribution in [1.82, 2.24) is 5.32 Å². The molecular weight excluding hydrogens is 220 g/mol. The SMILES string of the molecule is CCCC(CCC)(NCCCC(N)=O)C(=O)O. The average molecular weight is 244 g/mol. The van der Waals surface area contributed by atoms with E-state index in [0.717, 1.165) is 12.8 Å². The lowest BCUT2D eigenvalue weighted by Crippen LogP contribution is -2.52. The fourth-order valence-corrected chi connectivity index (χ4v) is 2.04. The predicted octanol–water partition coefficient (Wildman–Crippen LogP) is 1.27. The van der Waals surface area contributed by atoms with Crippen LogP contribution in [0.15, 0.2) is 0 Å². The van der Waals surface area contributed by atoms with Gasteiger partial charge in [-0.15, -0.1) is 0 Å². The molecule has 0 aromatic heterocycles. The third-order valence-electron chi connectivity index (χ3n) is 2.83. The van der Waals surface area contributed by atoms with Gasteiger partial charge in [0.25, 0.3) is 0 Å². The molecule has 5 heteroatoms. The number of carboxylic acid groups (broad SMARTS) is 1. The minimum Gasteiger partial charge on any atom is -0.480 e. The molecule has 0 rings (SSSR count). The van der Waals surface area contributed by atoms with Crippen LogP contribution in [0.5, 0.6) is 0 Å². The van der Waals surface area contributed by atoms with Gasteiger partial charge in [-0.1, -0.05) is 26.7 Å². The van der Waals surface area contributed by atoms with Crippen molar-refractivity contribution in [2.24, 2.45) is 5.73 Å². The van der Waals surface area contributed by atoms with Crippen LogP contribution in [0.2, 0.25) is 0 Å². The fourth-order valence-electron chi connectivity index (χ4n) is 2.04. The van der Waals surface area contributed by atoms with E-state index >= 15 is 0 Å². The van der Waals surface area contributed by atoms with Crippen molar-refractivity contribution < 1.29 is 14.7 Å². The van der Waals surface area contributed by atoms with Gasteiger partial charge >= 0.3 is 5.97 Å². The maximum atomic E-state index is 11.4. The Morgan fingerprint density at radius 3 is 2.12 bits per heavy atom. The minimum atomic E-state index is -0.846. The van der Waals surface area contributed by atoms with E-state index in [2.05, 4.69) is 5.32 Å². The van der Waals surface area contributed by atoms with Crippen molar-refractivity contribution in [3.05, 3.63) is 0 Å².